The van der Waals surface area contributed by atoms with E-state index >= 15 is 0 Å². The largest absolute Gasteiger partial charge is 0.465 e. The van der Waals surface area contributed by atoms with E-state index in [0.29, 0.717) is 52.5 Å². The topological polar surface area (TPSA) is 124 Å². The van der Waals surface area contributed by atoms with Crippen LogP contribution in [0.25, 0.3) is 11.4 Å². The lowest BCUT2D eigenvalue weighted by atomic mass is 9.97. The van der Waals surface area contributed by atoms with Gasteiger partial charge in [-0.2, -0.15) is 4.98 Å². The maximum Gasteiger partial charge on any atom is 0.337 e. The molecule has 12 heteroatoms. The number of piperidine rings is 1. The summed E-state index contributed by atoms with van der Waals surface area (Å²) in [7, 11) is 2.47. The lowest BCUT2D eigenvalue weighted by Crippen LogP contribution is -2.40. The summed E-state index contributed by atoms with van der Waals surface area (Å²) >= 11 is 12.2. The second kappa shape index (κ2) is 11.7. The highest BCUT2D eigenvalue weighted by Gasteiger charge is 2.28. The summed E-state index contributed by atoms with van der Waals surface area (Å²) in [6.07, 6.45) is 1.47. The van der Waals surface area contributed by atoms with E-state index in [1.54, 1.807) is 18.2 Å². The van der Waals surface area contributed by atoms with E-state index in [1.165, 1.54) is 32.4 Å². The van der Waals surface area contributed by atoms with Crippen molar-refractivity contribution in [2.75, 3.05) is 32.6 Å². The number of esters is 2. The summed E-state index contributed by atoms with van der Waals surface area (Å²) in [6.45, 7) is 1.59. The number of carbonyl (C=O) groups is 3. The van der Waals surface area contributed by atoms with Gasteiger partial charge in [-0.1, -0.05) is 28.4 Å². The van der Waals surface area contributed by atoms with Crippen LogP contribution in [0.5, 0.6) is 0 Å². The highest BCUT2D eigenvalue weighted by Crippen LogP contribution is 2.29. The Bertz CT molecular complexity index is 1290. The molecule has 0 aliphatic carbocycles. The highest BCUT2D eigenvalue weighted by atomic mass is 35.5. The number of methoxy groups -OCH3 is 2. The molecule has 1 aliphatic heterocycles. The first-order valence-electron chi connectivity index (χ1n) is 11.4. The molecule has 1 atom stereocenters. The molecule has 194 valence electrons. The van der Waals surface area contributed by atoms with Gasteiger partial charge in [-0.05, 0) is 55.8 Å². The quantitative estimate of drug-likeness (QED) is 0.427. The Morgan fingerprint density at radius 2 is 1.78 bits per heavy atom. The smallest absolute Gasteiger partial charge is 0.337 e. The van der Waals surface area contributed by atoms with Gasteiger partial charge in [0, 0.05) is 22.8 Å². The third-order valence-electron chi connectivity index (χ3n) is 5.92. The zero-order chi connectivity index (χ0) is 26.5. The van der Waals surface area contributed by atoms with Crippen molar-refractivity contribution in [3.8, 4) is 11.4 Å². The maximum atomic E-state index is 13.1. The first-order chi connectivity index (χ1) is 17.8. The molecule has 4 rings (SSSR count). The van der Waals surface area contributed by atoms with Crippen LogP contribution in [0.4, 0.5) is 5.69 Å². The number of nitrogens with one attached hydrogen (secondary N) is 1. The fraction of sp³-hybridized carbons (Fsp3) is 0.320. The first kappa shape index (κ1) is 26.6. The Kier molecular flexibility index (Phi) is 8.42. The molecule has 2 heterocycles. The molecule has 1 aromatic heterocycles. The van der Waals surface area contributed by atoms with Gasteiger partial charge in [-0.15, -0.1) is 0 Å². The summed E-state index contributed by atoms with van der Waals surface area (Å²) in [4.78, 5) is 43.6. The van der Waals surface area contributed by atoms with Crippen LogP contribution in [-0.4, -0.2) is 60.2 Å². The Morgan fingerprint density at radius 1 is 1.08 bits per heavy atom. The predicted octanol–water partition coefficient (Wildman–Crippen LogP) is 4.47. The van der Waals surface area contributed by atoms with Crippen molar-refractivity contribution in [3.05, 3.63) is 63.5 Å². The van der Waals surface area contributed by atoms with Gasteiger partial charge in [-0.3, -0.25) is 9.69 Å². The molecule has 3 aromatic rings. The van der Waals surface area contributed by atoms with Gasteiger partial charge in [-0.25, -0.2) is 9.59 Å². The van der Waals surface area contributed by atoms with Gasteiger partial charge in [0.2, 0.25) is 17.6 Å². The Morgan fingerprint density at radius 3 is 2.43 bits per heavy atom. The highest BCUT2D eigenvalue weighted by molar-refractivity contribution is 6.36. The molecule has 1 aliphatic rings. The van der Waals surface area contributed by atoms with Crippen LogP contribution in [0.15, 0.2) is 40.9 Å². The molecule has 1 amide bonds. The molecule has 37 heavy (non-hydrogen) atoms. The van der Waals surface area contributed by atoms with E-state index < -0.39 is 11.9 Å². The molecule has 1 unspecified atom stereocenters. The van der Waals surface area contributed by atoms with E-state index in [1.807, 2.05) is 0 Å². The van der Waals surface area contributed by atoms with Crippen molar-refractivity contribution >= 4 is 46.7 Å². The van der Waals surface area contributed by atoms with Gasteiger partial charge < -0.3 is 19.3 Å². The van der Waals surface area contributed by atoms with Gasteiger partial charge in [0.25, 0.3) is 0 Å². The standard InChI is InChI=1S/C25H24Cl2N4O6/c1-35-24(33)15-8-16(25(34)36-2)10-18(9-15)28-23(32)14-4-3-7-31(12-14)13-21-29-22(30-37-21)19-6-5-17(26)11-20(19)27/h5-6,8-11,14H,3-4,7,12-13H2,1-2H3,(H,28,32). The third kappa shape index (κ3) is 6.46. The lowest BCUT2D eigenvalue weighted by molar-refractivity contribution is -0.121. The average molecular weight is 547 g/mol. The summed E-state index contributed by atoms with van der Waals surface area (Å²) < 4.78 is 14.9. The molecule has 1 fully saturated rings. The van der Waals surface area contributed by atoms with E-state index in [-0.39, 0.29) is 23.0 Å². The van der Waals surface area contributed by atoms with Crippen molar-refractivity contribution in [2.45, 2.75) is 19.4 Å². The van der Waals surface area contributed by atoms with E-state index in [2.05, 4.69) is 20.4 Å². The van der Waals surface area contributed by atoms with Gasteiger partial charge in [0.1, 0.15) is 0 Å². The van der Waals surface area contributed by atoms with Crippen LogP contribution in [0.1, 0.15) is 39.4 Å². The summed E-state index contributed by atoms with van der Waals surface area (Å²) in [5.41, 5.74) is 1.15. The first-order valence-corrected chi connectivity index (χ1v) is 12.2. The normalized spacial score (nSPS) is 15.7. The number of nitrogens with zero attached hydrogens (tertiary/aromatic N) is 3. The summed E-state index contributed by atoms with van der Waals surface area (Å²) in [5.74, 6) is -1.08. The second-order valence-electron chi connectivity index (χ2n) is 8.48. The summed E-state index contributed by atoms with van der Waals surface area (Å²) in [5, 5.41) is 7.76. The zero-order valence-corrected chi connectivity index (χ0v) is 21.6. The van der Waals surface area contributed by atoms with Crippen molar-refractivity contribution < 1.29 is 28.4 Å². The molecular formula is C25H24Cl2N4O6. The van der Waals surface area contributed by atoms with Crippen LogP contribution in [0.3, 0.4) is 0 Å². The lowest BCUT2D eigenvalue weighted by Gasteiger charge is -2.30. The molecule has 1 N–H and O–H groups in total. The fourth-order valence-corrected chi connectivity index (χ4v) is 4.61. The number of aromatic nitrogens is 2. The number of rotatable bonds is 7. The van der Waals surface area contributed by atoms with Crippen molar-refractivity contribution in [1.29, 1.82) is 0 Å². The number of carbonyl (C=O) groups excluding carboxylic acids is 3. The number of likely N-dealkylation sites (tertiary alicyclic amines) is 1. The minimum atomic E-state index is -0.635. The number of halogens is 2. The van der Waals surface area contributed by atoms with Gasteiger partial charge in [0.15, 0.2) is 0 Å². The van der Waals surface area contributed by atoms with Crippen molar-refractivity contribution in [3.63, 3.8) is 0 Å². The van der Waals surface area contributed by atoms with E-state index in [4.69, 9.17) is 37.2 Å². The van der Waals surface area contributed by atoms with Crippen molar-refractivity contribution in [2.24, 2.45) is 5.92 Å². The van der Waals surface area contributed by atoms with Crippen LogP contribution >= 0.6 is 23.2 Å². The monoisotopic (exact) mass is 546 g/mol. The SMILES string of the molecule is COC(=O)c1cc(NC(=O)C2CCCN(Cc3nc(-c4ccc(Cl)cc4Cl)no3)C2)cc(C(=O)OC)c1. The van der Waals surface area contributed by atoms with Crippen LogP contribution in [0.2, 0.25) is 10.0 Å². The number of ether oxygens (including phenoxy) is 2. The van der Waals surface area contributed by atoms with Gasteiger partial charge in [0.05, 0.1) is 42.8 Å². The predicted molar refractivity (Wildman–Crippen MR) is 136 cm³/mol. The molecule has 0 bridgehead atoms. The fourth-order valence-electron chi connectivity index (χ4n) is 4.12. The Balaban J connectivity index is 1.43. The molecule has 0 radical (unpaired) electrons. The molecule has 0 saturated carbocycles. The average Bonchev–Trinajstić information content (AvgIpc) is 3.35. The number of benzene rings is 2. The van der Waals surface area contributed by atoms with Crippen LogP contribution in [-0.2, 0) is 20.8 Å². The van der Waals surface area contributed by atoms with Crippen LogP contribution < -0.4 is 5.32 Å². The van der Waals surface area contributed by atoms with Gasteiger partial charge >= 0.3 is 11.9 Å². The van der Waals surface area contributed by atoms with E-state index in [9.17, 15) is 14.4 Å². The van der Waals surface area contributed by atoms with Crippen molar-refractivity contribution in [1.82, 2.24) is 15.0 Å². The molecule has 0 spiro atoms. The van der Waals surface area contributed by atoms with Crippen LogP contribution in [0, 0.1) is 5.92 Å². The maximum absolute atomic E-state index is 13.1. The number of hydrogen-bond acceptors (Lipinski definition) is 9. The summed E-state index contributed by atoms with van der Waals surface area (Å²) in [6, 6.07) is 9.29. The third-order valence-corrected chi connectivity index (χ3v) is 6.47. The number of amides is 1. The Hall–Kier alpha value is -3.47. The number of anilines is 1. The molecule has 2 aromatic carbocycles. The zero-order valence-electron chi connectivity index (χ0n) is 20.1. The Labute approximate surface area is 222 Å². The molecular weight excluding hydrogens is 523 g/mol. The minimum Gasteiger partial charge on any atom is -0.465 e. The number of hydrogen-bond donors (Lipinski definition) is 1. The van der Waals surface area contributed by atoms with E-state index in [0.717, 1.165) is 13.0 Å². The molecule has 10 nitrogen and oxygen atoms in total. The molecule has 1 saturated heterocycles. The second-order valence-corrected chi connectivity index (χ2v) is 9.33. The minimum absolute atomic E-state index is 0.124.